The molecule has 1 aromatic rings. The van der Waals surface area contributed by atoms with Gasteiger partial charge < -0.3 is 10.6 Å². The summed E-state index contributed by atoms with van der Waals surface area (Å²) in [6.07, 6.45) is 3.37. The van der Waals surface area contributed by atoms with Crippen LogP contribution in [0.3, 0.4) is 0 Å². The summed E-state index contributed by atoms with van der Waals surface area (Å²) in [5.41, 5.74) is 5.64. The zero-order valence-corrected chi connectivity index (χ0v) is 10.5. The second-order valence-electron chi connectivity index (χ2n) is 4.89. The smallest absolute Gasteiger partial charge is 0.276 e. The Labute approximate surface area is 106 Å². The maximum Gasteiger partial charge on any atom is 0.276 e. The van der Waals surface area contributed by atoms with Crippen LogP contribution in [0.1, 0.15) is 26.2 Å². The third-order valence-corrected chi connectivity index (χ3v) is 3.37. The van der Waals surface area contributed by atoms with Crippen molar-refractivity contribution in [3.63, 3.8) is 0 Å². The largest absolute Gasteiger partial charge is 0.383 e. The van der Waals surface area contributed by atoms with Crippen molar-refractivity contribution in [2.75, 3.05) is 23.7 Å². The minimum absolute atomic E-state index is 0.00907. The van der Waals surface area contributed by atoms with E-state index in [0.29, 0.717) is 11.7 Å². The molecule has 1 atom stereocenters. The number of anilines is 2. The average molecular weight is 250 g/mol. The molecule has 0 bridgehead atoms. The Hall–Kier alpha value is -1.85. The van der Waals surface area contributed by atoms with Crippen molar-refractivity contribution in [2.24, 2.45) is 5.92 Å². The van der Waals surface area contributed by atoms with E-state index in [2.05, 4.69) is 16.8 Å². The number of nitro groups is 1. The highest BCUT2D eigenvalue weighted by Crippen LogP contribution is 2.25. The fourth-order valence-corrected chi connectivity index (χ4v) is 2.28. The molecule has 0 aliphatic carbocycles. The molecule has 6 nitrogen and oxygen atoms in total. The average Bonchev–Trinajstić information content (AvgIpc) is 2.53. The van der Waals surface area contributed by atoms with Gasteiger partial charge in [-0.05, 0) is 25.2 Å². The number of hydrogen-bond acceptors (Lipinski definition) is 5. The molecule has 0 aromatic carbocycles. The lowest BCUT2D eigenvalue weighted by Crippen LogP contribution is -2.25. The summed E-state index contributed by atoms with van der Waals surface area (Å²) in [5, 5.41) is 10.8. The van der Waals surface area contributed by atoms with Crippen LogP contribution >= 0.6 is 0 Å². The Bertz CT molecular complexity index is 450. The molecule has 18 heavy (non-hydrogen) atoms. The first-order valence-corrected chi connectivity index (χ1v) is 6.23. The van der Waals surface area contributed by atoms with Gasteiger partial charge in [0, 0.05) is 13.1 Å². The van der Waals surface area contributed by atoms with Crippen LogP contribution in [0.15, 0.2) is 12.1 Å². The molecule has 1 aromatic heterocycles. The fourth-order valence-electron chi connectivity index (χ4n) is 2.28. The molecule has 98 valence electrons. The van der Waals surface area contributed by atoms with E-state index in [0.717, 1.165) is 25.9 Å². The number of pyridine rings is 1. The highest BCUT2D eigenvalue weighted by atomic mass is 16.6. The molecule has 2 rings (SSSR count). The first kappa shape index (κ1) is 12.6. The van der Waals surface area contributed by atoms with Crippen LogP contribution in [0, 0.1) is 16.0 Å². The van der Waals surface area contributed by atoms with Crippen molar-refractivity contribution >= 4 is 17.3 Å². The molecule has 1 fully saturated rings. The van der Waals surface area contributed by atoms with Gasteiger partial charge >= 0.3 is 0 Å². The van der Waals surface area contributed by atoms with E-state index in [1.807, 2.05) is 0 Å². The molecule has 1 aliphatic heterocycles. The number of rotatable bonds is 2. The second-order valence-corrected chi connectivity index (χ2v) is 4.89. The first-order chi connectivity index (χ1) is 8.56. The minimum Gasteiger partial charge on any atom is -0.383 e. The first-order valence-electron chi connectivity index (χ1n) is 6.23. The summed E-state index contributed by atoms with van der Waals surface area (Å²) in [4.78, 5) is 16.7. The maximum atomic E-state index is 10.8. The molecule has 2 N–H and O–H groups in total. The van der Waals surface area contributed by atoms with E-state index in [1.165, 1.54) is 18.6 Å². The molecule has 1 saturated heterocycles. The summed E-state index contributed by atoms with van der Waals surface area (Å²) in [5.74, 6) is 1.53. The summed E-state index contributed by atoms with van der Waals surface area (Å²) in [7, 11) is 0. The molecule has 6 heteroatoms. The van der Waals surface area contributed by atoms with Crippen LogP contribution in [0.5, 0.6) is 0 Å². The number of nitrogens with zero attached hydrogens (tertiary/aromatic N) is 3. The highest BCUT2D eigenvalue weighted by Gasteiger charge is 2.18. The molecule has 0 radical (unpaired) electrons. The monoisotopic (exact) mass is 250 g/mol. The van der Waals surface area contributed by atoms with Gasteiger partial charge in [-0.1, -0.05) is 6.92 Å². The lowest BCUT2D eigenvalue weighted by Gasteiger charge is -2.21. The molecule has 0 spiro atoms. The lowest BCUT2D eigenvalue weighted by molar-refractivity contribution is -0.384. The molecule has 2 heterocycles. The van der Waals surface area contributed by atoms with Crippen molar-refractivity contribution in [1.82, 2.24) is 4.98 Å². The predicted molar refractivity (Wildman–Crippen MR) is 70.5 cm³/mol. The van der Waals surface area contributed by atoms with Gasteiger partial charge in [0.2, 0.25) is 0 Å². The van der Waals surface area contributed by atoms with Crippen LogP contribution in [0.2, 0.25) is 0 Å². The van der Waals surface area contributed by atoms with Gasteiger partial charge in [-0.15, -0.1) is 0 Å². The standard InChI is InChI=1S/C12H18N4O2/c1-9-3-2-5-15(6-4-9)12-8-10(16(17)18)7-11(13)14-12/h7-9H,2-6H2,1H3,(H2,13,14). The summed E-state index contributed by atoms with van der Waals surface area (Å²) in [6.45, 7) is 4.01. The third-order valence-electron chi connectivity index (χ3n) is 3.37. The zero-order chi connectivity index (χ0) is 13.1. The third kappa shape index (κ3) is 2.88. The molecular weight excluding hydrogens is 232 g/mol. The highest BCUT2D eigenvalue weighted by molar-refractivity contribution is 5.54. The van der Waals surface area contributed by atoms with Gasteiger partial charge in [-0.25, -0.2) is 4.98 Å². The van der Waals surface area contributed by atoms with Crippen molar-refractivity contribution in [3.05, 3.63) is 22.2 Å². The van der Waals surface area contributed by atoms with Crippen LogP contribution in [-0.4, -0.2) is 23.0 Å². The molecule has 1 unspecified atom stereocenters. The van der Waals surface area contributed by atoms with E-state index < -0.39 is 4.92 Å². The van der Waals surface area contributed by atoms with Gasteiger partial charge in [0.05, 0.1) is 17.1 Å². The van der Waals surface area contributed by atoms with Gasteiger partial charge in [0.15, 0.2) is 0 Å². The number of aromatic nitrogens is 1. The number of nitrogen functional groups attached to an aromatic ring is 1. The summed E-state index contributed by atoms with van der Waals surface area (Å²) in [6, 6.07) is 2.80. The molecule has 0 amide bonds. The van der Waals surface area contributed by atoms with Crippen molar-refractivity contribution in [3.8, 4) is 0 Å². The Balaban J connectivity index is 2.24. The van der Waals surface area contributed by atoms with E-state index in [-0.39, 0.29) is 11.5 Å². The van der Waals surface area contributed by atoms with E-state index >= 15 is 0 Å². The number of nitrogens with two attached hydrogens (primary N) is 1. The maximum absolute atomic E-state index is 10.8. The second kappa shape index (κ2) is 5.20. The molecule has 1 aliphatic rings. The Morgan fingerprint density at radius 2 is 2.22 bits per heavy atom. The van der Waals surface area contributed by atoms with Gasteiger partial charge in [-0.3, -0.25) is 10.1 Å². The van der Waals surface area contributed by atoms with Crippen molar-refractivity contribution in [1.29, 1.82) is 0 Å². The lowest BCUT2D eigenvalue weighted by atomic mass is 10.0. The number of hydrogen-bond donors (Lipinski definition) is 1. The SMILES string of the molecule is CC1CCCN(c2cc([N+](=O)[O-])cc(N)n2)CC1. The van der Waals surface area contributed by atoms with E-state index in [1.54, 1.807) is 0 Å². The molecular formula is C12H18N4O2. The van der Waals surface area contributed by atoms with Crippen LogP contribution < -0.4 is 10.6 Å². The van der Waals surface area contributed by atoms with Crippen molar-refractivity contribution < 1.29 is 4.92 Å². The summed E-state index contributed by atoms with van der Waals surface area (Å²) < 4.78 is 0. The Morgan fingerprint density at radius 3 is 2.94 bits per heavy atom. The predicted octanol–water partition coefficient (Wildman–Crippen LogP) is 2.20. The zero-order valence-electron chi connectivity index (χ0n) is 10.5. The van der Waals surface area contributed by atoms with Gasteiger partial charge in [0.1, 0.15) is 11.6 Å². The Kier molecular flexibility index (Phi) is 3.64. The quantitative estimate of drug-likeness (QED) is 0.642. The Morgan fingerprint density at radius 1 is 1.44 bits per heavy atom. The van der Waals surface area contributed by atoms with Crippen LogP contribution in [0.25, 0.3) is 0 Å². The van der Waals surface area contributed by atoms with Gasteiger partial charge in [-0.2, -0.15) is 0 Å². The van der Waals surface area contributed by atoms with E-state index in [4.69, 9.17) is 5.73 Å². The summed E-state index contributed by atoms with van der Waals surface area (Å²) >= 11 is 0. The normalized spacial score (nSPS) is 20.5. The van der Waals surface area contributed by atoms with E-state index in [9.17, 15) is 10.1 Å². The van der Waals surface area contributed by atoms with Crippen LogP contribution in [-0.2, 0) is 0 Å². The topological polar surface area (TPSA) is 85.3 Å². The van der Waals surface area contributed by atoms with Gasteiger partial charge in [0.25, 0.3) is 5.69 Å². The van der Waals surface area contributed by atoms with Crippen LogP contribution in [0.4, 0.5) is 17.3 Å². The minimum atomic E-state index is -0.429. The molecule has 0 saturated carbocycles. The fraction of sp³-hybridized carbons (Fsp3) is 0.583. The van der Waals surface area contributed by atoms with Crippen molar-refractivity contribution in [2.45, 2.75) is 26.2 Å².